The Morgan fingerprint density at radius 1 is 0.974 bits per heavy atom. The van der Waals surface area contributed by atoms with Gasteiger partial charge in [0.25, 0.3) is 10.0 Å². The number of methoxy groups -OCH3 is 3. The first kappa shape index (κ1) is 26.3. The molecule has 202 valence electrons. The number of hydrogen-bond acceptors (Lipinski definition) is 8. The highest BCUT2D eigenvalue weighted by Gasteiger charge is 2.28. The van der Waals surface area contributed by atoms with Crippen LogP contribution in [0.3, 0.4) is 0 Å². The van der Waals surface area contributed by atoms with Gasteiger partial charge in [0.1, 0.15) is 22.6 Å². The molecule has 0 radical (unpaired) electrons. The molecular weight excluding hydrogens is 518 g/mol. The van der Waals surface area contributed by atoms with Crippen LogP contribution in [0.15, 0.2) is 64.0 Å². The quantitative estimate of drug-likeness (QED) is 0.304. The summed E-state index contributed by atoms with van der Waals surface area (Å²) in [7, 11) is 0.136. The molecule has 2 heterocycles. The normalized spacial score (nSPS) is 15.1. The van der Waals surface area contributed by atoms with Gasteiger partial charge < -0.3 is 23.6 Å². The summed E-state index contributed by atoms with van der Waals surface area (Å²) in [4.78, 5) is 2.01. The van der Waals surface area contributed by atoms with Gasteiger partial charge in [0.15, 0.2) is 16.3 Å². The number of benzene rings is 3. The Balaban J connectivity index is 1.50. The number of anilines is 1. The predicted octanol–water partition coefficient (Wildman–Crippen LogP) is 5.09. The highest BCUT2D eigenvalue weighted by molar-refractivity contribution is 7.93. The lowest BCUT2D eigenvalue weighted by atomic mass is 9.94. The van der Waals surface area contributed by atoms with E-state index in [1.807, 2.05) is 31.2 Å². The van der Waals surface area contributed by atoms with E-state index in [0.29, 0.717) is 22.6 Å². The van der Waals surface area contributed by atoms with E-state index in [-0.39, 0.29) is 22.2 Å². The lowest BCUT2D eigenvalue weighted by molar-refractivity contribution is 0.373. The minimum Gasteiger partial charge on any atom is -0.496 e. The summed E-state index contributed by atoms with van der Waals surface area (Å²) in [6, 6.07) is 19.9. The molecule has 1 saturated heterocycles. The summed E-state index contributed by atoms with van der Waals surface area (Å²) in [6.07, 6.45) is 1.04. The van der Waals surface area contributed by atoms with E-state index >= 15 is 0 Å². The Labute approximate surface area is 227 Å². The third-order valence-electron chi connectivity index (χ3n) is 6.79. The maximum Gasteiger partial charge on any atom is 0.270 e. The monoisotopic (exact) mass is 547 g/mol. The fourth-order valence-electron chi connectivity index (χ4n) is 4.96. The molecular formula is C29H29N3O6S. The summed E-state index contributed by atoms with van der Waals surface area (Å²) in [5.74, 6) is 4.06. The van der Waals surface area contributed by atoms with Crippen LogP contribution in [0.2, 0.25) is 0 Å². The molecule has 5 rings (SSSR count). The SMILES string of the molecule is CC#CN1CCC(c2cccc(-c3cc(OC)c4c(NS(=O)(=O)c5c(OC)cccc5OC)noc4c3)c2)C1. The minimum atomic E-state index is -4.16. The molecule has 1 unspecified atom stereocenters. The topological polar surface area (TPSA) is 103 Å². The Kier molecular flexibility index (Phi) is 7.26. The number of fused-ring (bicyclic) bond motifs is 1. The molecule has 1 N–H and O–H groups in total. The van der Waals surface area contributed by atoms with Crippen LogP contribution in [0, 0.1) is 12.0 Å². The third-order valence-corrected chi connectivity index (χ3v) is 8.19. The van der Waals surface area contributed by atoms with Crippen molar-refractivity contribution >= 4 is 26.8 Å². The van der Waals surface area contributed by atoms with Crippen molar-refractivity contribution in [2.75, 3.05) is 39.1 Å². The van der Waals surface area contributed by atoms with Gasteiger partial charge in [0.2, 0.25) is 0 Å². The number of rotatable bonds is 8. The Morgan fingerprint density at radius 2 is 1.69 bits per heavy atom. The van der Waals surface area contributed by atoms with E-state index in [4.69, 9.17) is 18.7 Å². The van der Waals surface area contributed by atoms with E-state index in [2.05, 4.69) is 38.9 Å². The van der Waals surface area contributed by atoms with Crippen molar-refractivity contribution in [1.82, 2.24) is 10.1 Å². The Morgan fingerprint density at radius 3 is 2.38 bits per heavy atom. The van der Waals surface area contributed by atoms with Gasteiger partial charge in [-0.15, -0.1) is 0 Å². The van der Waals surface area contributed by atoms with Crippen LogP contribution in [-0.4, -0.2) is 52.9 Å². The number of aromatic nitrogens is 1. The summed E-state index contributed by atoms with van der Waals surface area (Å²) in [5, 5.41) is 4.42. The highest BCUT2D eigenvalue weighted by atomic mass is 32.2. The van der Waals surface area contributed by atoms with E-state index in [0.717, 1.165) is 30.6 Å². The fraction of sp³-hybridized carbons (Fsp3) is 0.276. The first-order chi connectivity index (χ1) is 18.9. The lowest BCUT2D eigenvalue weighted by Gasteiger charge is -2.14. The van der Waals surface area contributed by atoms with Crippen molar-refractivity contribution in [2.24, 2.45) is 0 Å². The van der Waals surface area contributed by atoms with Gasteiger partial charge in [-0.1, -0.05) is 41.4 Å². The van der Waals surface area contributed by atoms with Gasteiger partial charge in [0, 0.05) is 25.1 Å². The largest absolute Gasteiger partial charge is 0.496 e. The number of hydrogen-bond donors (Lipinski definition) is 1. The van der Waals surface area contributed by atoms with Crippen molar-refractivity contribution in [2.45, 2.75) is 24.2 Å². The number of nitrogens with zero attached hydrogens (tertiary/aromatic N) is 2. The molecule has 0 spiro atoms. The third kappa shape index (κ3) is 5.05. The van der Waals surface area contributed by atoms with Crippen molar-refractivity contribution in [3.05, 3.63) is 60.2 Å². The predicted molar refractivity (Wildman–Crippen MR) is 149 cm³/mol. The molecule has 1 atom stereocenters. The van der Waals surface area contributed by atoms with Crippen LogP contribution in [0.25, 0.3) is 22.1 Å². The van der Waals surface area contributed by atoms with Gasteiger partial charge in [0.05, 0.1) is 21.3 Å². The maximum atomic E-state index is 13.4. The zero-order valence-corrected chi connectivity index (χ0v) is 23.0. The molecule has 39 heavy (non-hydrogen) atoms. The zero-order valence-electron chi connectivity index (χ0n) is 22.1. The van der Waals surface area contributed by atoms with Crippen molar-refractivity contribution in [3.8, 4) is 40.3 Å². The summed E-state index contributed by atoms with van der Waals surface area (Å²) in [5.41, 5.74) is 3.47. The van der Waals surface area contributed by atoms with Crippen LogP contribution >= 0.6 is 0 Å². The Bertz CT molecular complexity index is 1660. The number of sulfonamides is 1. The second-order valence-electron chi connectivity index (χ2n) is 9.10. The van der Waals surface area contributed by atoms with Gasteiger partial charge >= 0.3 is 0 Å². The molecule has 1 fully saturated rings. The molecule has 1 aromatic heterocycles. The second-order valence-corrected chi connectivity index (χ2v) is 10.7. The average molecular weight is 548 g/mol. The molecule has 4 aromatic rings. The number of likely N-dealkylation sites (tertiary alicyclic amines) is 1. The Hall–Kier alpha value is -4.36. The van der Waals surface area contributed by atoms with Gasteiger partial charge in [-0.3, -0.25) is 4.72 Å². The highest BCUT2D eigenvalue weighted by Crippen LogP contribution is 2.40. The summed E-state index contributed by atoms with van der Waals surface area (Å²) >= 11 is 0. The number of ether oxygens (including phenoxy) is 3. The van der Waals surface area contributed by atoms with E-state index in [1.54, 1.807) is 18.2 Å². The first-order valence-corrected chi connectivity index (χ1v) is 13.9. The molecule has 1 aliphatic rings. The minimum absolute atomic E-state index is 0.00168. The van der Waals surface area contributed by atoms with Crippen LogP contribution < -0.4 is 18.9 Å². The van der Waals surface area contributed by atoms with Crippen LogP contribution in [-0.2, 0) is 10.0 Å². The average Bonchev–Trinajstić information content (AvgIpc) is 3.59. The van der Waals surface area contributed by atoms with Gasteiger partial charge in [-0.05, 0) is 54.3 Å². The van der Waals surface area contributed by atoms with Crippen LogP contribution in [0.1, 0.15) is 24.8 Å². The van der Waals surface area contributed by atoms with Crippen molar-refractivity contribution < 1.29 is 27.2 Å². The standard InChI is InChI=1S/C29H29N3O6S/c1-5-13-32-14-12-21(18-32)19-8-6-9-20(15-19)22-16-25(37-4)27-26(17-22)38-30-29(27)31-39(33,34)28-23(35-2)10-7-11-24(28)36-3/h6-11,15-17,21H,12,14,18H2,1-4H3,(H,30,31). The van der Waals surface area contributed by atoms with Gasteiger partial charge in [-0.2, -0.15) is 0 Å². The second kappa shape index (κ2) is 10.8. The van der Waals surface area contributed by atoms with Crippen LogP contribution in [0.5, 0.6) is 17.2 Å². The van der Waals surface area contributed by atoms with Crippen molar-refractivity contribution in [3.63, 3.8) is 0 Å². The number of nitrogens with one attached hydrogen (secondary N) is 1. The van der Waals surface area contributed by atoms with E-state index in [1.165, 1.54) is 26.9 Å². The van der Waals surface area contributed by atoms with Crippen LogP contribution in [0.4, 0.5) is 5.82 Å². The smallest absolute Gasteiger partial charge is 0.270 e. The molecule has 1 aliphatic heterocycles. The molecule has 0 bridgehead atoms. The summed E-state index contributed by atoms with van der Waals surface area (Å²) in [6.45, 7) is 3.70. The van der Waals surface area contributed by atoms with Crippen molar-refractivity contribution in [1.29, 1.82) is 0 Å². The zero-order chi connectivity index (χ0) is 27.6. The molecule has 10 heteroatoms. The van der Waals surface area contributed by atoms with Gasteiger partial charge in [-0.25, -0.2) is 8.42 Å². The van der Waals surface area contributed by atoms with E-state index < -0.39 is 10.0 Å². The molecule has 9 nitrogen and oxygen atoms in total. The first-order valence-electron chi connectivity index (χ1n) is 12.4. The van der Waals surface area contributed by atoms with E-state index in [9.17, 15) is 8.42 Å². The molecule has 0 saturated carbocycles. The lowest BCUT2D eigenvalue weighted by Crippen LogP contribution is -2.15. The molecule has 0 amide bonds. The maximum absolute atomic E-state index is 13.4. The summed E-state index contributed by atoms with van der Waals surface area (Å²) < 4.78 is 51.1. The molecule has 0 aliphatic carbocycles. The fourth-order valence-corrected chi connectivity index (χ4v) is 6.29. The molecule has 3 aromatic carbocycles.